The third-order valence-corrected chi connectivity index (χ3v) is 3.95. The van der Waals surface area contributed by atoms with Gasteiger partial charge in [-0.3, -0.25) is 9.59 Å². The molecule has 7 nitrogen and oxygen atoms in total. The maximum Gasteiger partial charge on any atom is 0.258 e. The molecule has 7 heteroatoms. The molecule has 1 N–H and O–H groups in total. The number of carbonyl (C=O) groups excluding carboxylic acids is 2. The molecule has 0 aliphatic heterocycles. The molecular weight excluding hydrogens is 334 g/mol. The fourth-order valence-electron chi connectivity index (χ4n) is 2.61. The third kappa shape index (κ3) is 5.61. The Labute approximate surface area is 153 Å². The number of para-hydroxylation sites is 1. The molecule has 0 saturated heterocycles. The standard InChI is InChI=1S/C19H25N3O4/c1-3-4-5-8-12-22(14-18(23)20-17-11-13-26-21-17)19(24)15-9-6-7-10-16(15)25-2/h6-7,9-11,13H,3-5,8,12,14H2,1-2H3,(H,20,21,23). The number of nitrogens with zero attached hydrogens (tertiary/aromatic N) is 2. The van der Waals surface area contributed by atoms with Gasteiger partial charge in [-0.25, -0.2) is 0 Å². The van der Waals surface area contributed by atoms with Gasteiger partial charge in [0.15, 0.2) is 5.82 Å². The zero-order chi connectivity index (χ0) is 18.8. The summed E-state index contributed by atoms with van der Waals surface area (Å²) in [4.78, 5) is 26.8. The molecule has 0 saturated carbocycles. The Balaban J connectivity index is 2.08. The van der Waals surface area contributed by atoms with Crippen LogP contribution in [0.2, 0.25) is 0 Å². The van der Waals surface area contributed by atoms with Crippen LogP contribution in [0, 0.1) is 0 Å². The van der Waals surface area contributed by atoms with Crippen LogP contribution in [-0.4, -0.2) is 42.1 Å². The van der Waals surface area contributed by atoms with Crippen molar-refractivity contribution in [2.24, 2.45) is 0 Å². The van der Waals surface area contributed by atoms with Crippen molar-refractivity contribution in [3.63, 3.8) is 0 Å². The average Bonchev–Trinajstić information content (AvgIpc) is 3.16. The maximum atomic E-state index is 13.0. The summed E-state index contributed by atoms with van der Waals surface area (Å²) in [7, 11) is 1.52. The van der Waals surface area contributed by atoms with Crippen LogP contribution < -0.4 is 10.1 Å². The molecule has 1 aromatic heterocycles. The number of hydrogen-bond acceptors (Lipinski definition) is 5. The van der Waals surface area contributed by atoms with Gasteiger partial charge in [0.2, 0.25) is 5.91 Å². The summed E-state index contributed by atoms with van der Waals surface area (Å²) in [6, 6.07) is 8.57. The lowest BCUT2D eigenvalue weighted by Crippen LogP contribution is -2.39. The lowest BCUT2D eigenvalue weighted by Gasteiger charge is -2.23. The van der Waals surface area contributed by atoms with E-state index in [2.05, 4.69) is 17.4 Å². The zero-order valence-electron chi connectivity index (χ0n) is 15.2. The first-order valence-corrected chi connectivity index (χ1v) is 8.78. The predicted octanol–water partition coefficient (Wildman–Crippen LogP) is 3.34. The molecule has 1 heterocycles. The quantitative estimate of drug-likeness (QED) is 0.658. The smallest absolute Gasteiger partial charge is 0.258 e. The number of carbonyl (C=O) groups is 2. The van der Waals surface area contributed by atoms with Crippen LogP contribution in [-0.2, 0) is 4.79 Å². The van der Waals surface area contributed by atoms with Gasteiger partial charge in [0.05, 0.1) is 12.7 Å². The van der Waals surface area contributed by atoms with Gasteiger partial charge in [0.25, 0.3) is 5.91 Å². The molecule has 0 aliphatic carbocycles. The van der Waals surface area contributed by atoms with Crippen LogP contribution in [0.5, 0.6) is 5.75 Å². The van der Waals surface area contributed by atoms with Crippen molar-refractivity contribution >= 4 is 17.6 Å². The topological polar surface area (TPSA) is 84.7 Å². The summed E-state index contributed by atoms with van der Waals surface area (Å²) in [6.45, 7) is 2.57. The molecule has 0 unspecified atom stereocenters. The van der Waals surface area contributed by atoms with Crippen LogP contribution >= 0.6 is 0 Å². The molecule has 2 aromatic rings. The molecular formula is C19H25N3O4. The van der Waals surface area contributed by atoms with E-state index < -0.39 is 0 Å². The number of unbranched alkanes of at least 4 members (excludes halogenated alkanes) is 3. The number of amides is 2. The monoisotopic (exact) mass is 359 g/mol. The van der Waals surface area contributed by atoms with Gasteiger partial charge in [-0.05, 0) is 18.6 Å². The molecule has 0 atom stereocenters. The summed E-state index contributed by atoms with van der Waals surface area (Å²) in [5.41, 5.74) is 0.444. The van der Waals surface area contributed by atoms with Crippen molar-refractivity contribution in [1.29, 1.82) is 0 Å². The van der Waals surface area contributed by atoms with E-state index in [1.165, 1.54) is 13.4 Å². The Morgan fingerprint density at radius 3 is 2.69 bits per heavy atom. The van der Waals surface area contributed by atoms with Crippen molar-refractivity contribution in [3.05, 3.63) is 42.2 Å². The largest absolute Gasteiger partial charge is 0.496 e. The first-order valence-electron chi connectivity index (χ1n) is 8.78. The molecule has 0 aliphatic rings. The van der Waals surface area contributed by atoms with Crippen LogP contribution in [0.25, 0.3) is 0 Å². The van der Waals surface area contributed by atoms with Gasteiger partial charge in [0, 0.05) is 12.6 Å². The van der Waals surface area contributed by atoms with Crippen molar-refractivity contribution in [1.82, 2.24) is 10.1 Å². The second kappa shape index (κ2) is 10.2. The normalized spacial score (nSPS) is 10.4. The Bertz CT molecular complexity index is 701. The Morgan fingerprint density at radius 1 is 1.19 bits per heavy atom. The average molecular weight is 359 g/mol. The lowest BCUT2D eigenvalue weighted by molar-refractivity contribution is -0.117. The summed E-state index contributed by atoms with van der Waals surface area (Å²) in [5, 5.41) is 6.27. The second-order valence-corrected chi connectivity index (χ2v) is 5.92. The highest BCUT2D eigenvalue weighted by Gasteiger charge is 2.21. The molecule has 140 valence electrons. The van der Waals surface area contributed by atoms with Gasteiger partial charge >= 0.3 is 0 Å². The molecule has 26 heavy (non-hydrogen) atoms. The Hall–Kier alpha value is -2.83. The molecule has 2 amide bonds. The van der Waals surface area contributed by atoms with E-state index in [0.717, 1.165) is 25.7 Å². The molecule has 0 spiro atoms. The molecule has 0 fully saturated rings. The number of ether oxygens (including phenoxy) is 1. The second-order valence-electron chi connectivity index (χ2n) is 5.92. The van der Waals surface area contributed by atoms with Crippen LogP contribution in [0.4, 0.5) is 5.82 Å². The maximum absolute atomic E-state index is 13.0. The van der Waals surface area contributed by atoms with E-state index in [0.29, 0.717) is 23.7 Å². The first-order chi connectivity index (χ1) is 12.7. The first kappa shape index (κ1) is 19.5. The van der Waals surface area contributed by atoms with E-state index in [9.17, 15) is 9.59 Å². The van der Waals surface area contributed by atoms with E-state index in [4.69, 9.17) is 9.26 Å². The number of nitrogens with one attached hydrogen (secondary N) is 1. The summed E-state index contributed by atoms with van der Waals surface area (Å²) < 4.78 is 9.98. The fraction of sp³-hybridized carbons (Fsp3) is 0.421. The van der Waals surface area contributed by atoms with Gasteiger partial charge in [-0.15, -0.1) is 0 Å². The van der Waals surface area contributed by atoms with E-state index in [1.807, 2.05) is 0 Å². The fourth-order valence-corrected chi connectivity index (χ4v) is 2.61. The molecule has 2 rings (SSSR count). The van der Waals surface area contributed by atoms with Crippen LogP contribution in [0.1, 0.15) is 43.0 Å². The summed E-state index contributed by atoms with van der Waals surface area (Å²) in [6.07, 6.45) is 5.43. The minimum Gasteiger partial charge on any atom is -0.496 e. The summed E-state index contributed by atoms with van der Waals surface area (Å²) in [5.74, 6) is 0.269. The summed E-state index contributed by atoms with van der Waals surface area (Å²) >= 11 is 0. The van der Waals surface area contributed by atoms with Crippen molar-refractivity contribution in [2.45, 2.75) is 32.6 Å². The minimum atomic E-state index is -0.322. The van der Waals surface area contributed by atoms with Gasteiger partial charge < -0.3 is 19.5 Å². The highest BCUT2D eigenvalue weighted by atomic mass is 16.5. The third-order valence-electron chi connectivity index (χ3n) is 3.95. The van der Waals surface area contributed by atoms with Crippen molar-refractivity contribution in [2.75, 3.05) is 25.5 Å². The molecule has 1 aromatic carbocycles. The highest BCUT2D eigenvalue weighted by Crippen LogP contribution is 2.20. The number of anilines is 1. The SMILES string of the molecule is CCCCCCN(CC(=O)Nc1ccon1)C(=O)c1ccccc1OC. The van der Waals surface area contributed by atoms with Gasteiger partial charge in [0.1, 0.15) is 18.6 Å². The van der Waals surface area contributed by atoms with E-state index in [1.54, 1.807) is 35.2 Å². The van der Waals surface area contributed by atoms with E-state index >= 15 is 0 Å². The minimum absolute atomic E-state index is 0.0597. The molecule has 0 bridgehead atoms. The van der Waals surface area contributed by atoms with E-state index in [-0.39, 0.29) is 18.4 Å². The number of hydrogen-bond donors (Lipinski definition) is 1. The van der Waals surface area contributed by atoms with Gasteiger partial charge in [-0.2, -0.15) is 0 Å². The number of aromatic nitrogens is 1. The van der Waals surface area contributed by atoms with Crippen LogP contribution in [0.15, 0.2) is 41.1 Å². The zero-order valence-corrected chi connectivity index (χ0v) is 15.2. The van der Waals surface area contributed by atoms with Crippen molar-refractivity contribution < 1.29 is 18.8 Å². The Kier molecular flexibility index (Phi) is 7.67. The number of methoxy groups -OCH3 is 1. The van der Waals surface area contributed by atoms with Gasteiger partial charge in [-0.1, -0.05) is 43.5 Å². The van der Waals surface area contributed by atoms with Crippen LogP contribution in [0.3, 0.4) is 0 Å². The Morgan fingerprint density at radius 2 is 2.00 bits per heavy atom. The number of rotatable bonds is 10. The predicted molar refractivity (Wildman–Crippen MR) is 98.2 cm³/mol. The van der Waals surface area contributed by atoms with Crippen molar-refractivity contribution in [3.8, 4) is 5.75 Å². The molecule has 0 radical (unpaired) electrons. The number of benzene rings is 1. The lowest BCUT2D eigenvalue weighted by atomic mass is 10.1. The highest BCUT2D eigenvalue weighted by molar-refractivity contribution is 6.00.